The largest absolute Gasteiger partial charge is 0.465 e. The molecule has 0 amide bonds. The van der Waals surface area contributed by atoms with Gasteiger partial charge in [0.15, 0.2) is 0 Å². The number of hydrogen-bond donors (Lipinski definition) is 1. The van der Waals surface area contributed by atoms with Gasteiger partial charge in [0.25, 0.3) is 5.69 Å². The number of nitro groups is 1. The van der Waals surface area contributed by atoms with Crippen molar-refractivity contribution in [2.24, 2.45) is 5.92 Å². The fraction of sp³-hybridized carbons (Fsp3) is 0.269. The molecular weight excluding hydrogens is 543 g/mol. The molecule has 6 nitrogen and oxygen atoms in total. The van der Waals surface area contributed by atoms with Gasteiger partial charge in [-0.1, -0.05) is 53.5 Å². The van der Waals surface area contributed by atoms with E-state index in [0.29, 0.717) is 32.6 Å². The Kier molecular flexibility index (Phi) is 7.10. The van der Waals surface area contributed by atoms with Gasteiger partial charge in [-0.3, -0.25) is 10.1 Å². The van der Waals surface area contributed by atoms with Crippen LogP contribution in [0.5, 0.6) is 0 Å². The van der Waals surface area contributed by atoms with Crippen molar-refractivity contribution in [1.29, 1.82) is 0 Å². The Morgan fingerprint density at radius 1 is 1.11 bits per heavy atom. The predicted molar refractivity (Wildman–Crippen MR) is 144 cm³/mol. The predicted octanol–water partition coefficient (Wildman–Crippen LogP) is 7.73. The van der Waals surface area contributed by atoms with Crippen LogP contribution in [0.25, 0.3) is 0 Å². The average Bonchev–Trinajstić information content (AvgIpc) is 3.19. The van der Waals surface area contributed by atoms with Crippen molar-refractivity contribution in [3.63, 3.8) is 0 Å². The van der Waals surface area contributed by atoms with Crippen LogP contribution in [0.1, 0.15) is 39.9 Å². The molecule has 0 bridgehead atoms. The lowest BCUT2D eigenvalue weighted by atomic mass is 9.76. The number of carbonyl (C=O) groups is 1. The maximum Gasteiger partial charge on any atom is 0.339 e. The Hall–Kier alpha value is -2.45. The van der Waals surface area contributed by atoms with Crippen molar-refractivity contribution < 1.29 is 14.5 Å². The molecule has 3 aromatic carbocycles. The van der Waals surface area contributed by atoms with E-state index in [4.69, 9.17) is 39.5 Å². The first-order valence-electron chi connectivity index (χ1n) is 11.3. The summed E-state index contributed by atoms with van der Waals surface area (Å²) in [6.07, 6.45) is 0.689. The fourth-order valence-electron chi connectivity index (χ4n) is 5.36. The topological polar surface area (TPSA) is 81.5 Å². The maximum absolute atomic E-state index is 12.6. The number of nitrogens with zero attached hydrogens (tertiary/aromatic N) is 1. The number of thioether (sulfide) groups is 1. The molecule has 1 heterocycles. The van der Waals surface area contributed by atoms with Crippen molar-refractivity contribution in [3.05, 3.63) is 97.5 Å². The number of hydrogen-bond acceptors (Lipinski definition) is 6. The van der Waals surface area contributed by atoms with Crippen LogP contribution in [0.2, 0.25) is 10.0 Å². The molecule has 0 unspecified atom stereocenters. The second-order valence-electron chi connectivity index (χ2n) is 8.80. The molecule has 10 heteroatoms. The van der Waals surface area contributed by atoms with Crippen LogP contribution >= 0.6 is 46.6 Å². The molecule has 3 aromatic rings. The monoisotopic (exact) mass is 562 g/mol. The van der Waals surface area contributed by atoms with Gasteiger partial charge in [0, 0.05) is 27.3 Å². The molecular formula is C26H21Cl3N2O4S. The summed E-state index contributed by atoms with van der Waals surface area (Å²) in [4.78, 5) is 24.4. The van der Waals surface area contributed by atoms with Crippen LogP contribution < -0.4 is 5.32 Å². The van der Waals surface area contributed by atoms with Crippen molar-refractivity contribution in [1.82, 2.24) is 0 Å². The number of halogens is 3. The number of para-hydroxylation sites is 2. The average molecular weight is 564 g/mol. The number of benzene rings is 3. The highest BCUT2D eigenvalue weighted by Crippen LogP contribution is 2.59. The van der Waals surface area contributed by atoms with Gasteiger partial charge in [0.2, 0.25) is 0 Å². The second kappa shape index (κ2) is 10.1. The molecule has 2 aliphatic rings. The summed E-state index contributed by atoms with van der Waals surface area (Å²) in [6.45, 7) is 0. The van der Waals surface area contributed by atoms with E-state index in [2.05, 4.69) is 5.32 Å². The van der Waals surface area contributed by atoms with Gasteiger partial charge in [-0.2, -0.15) is 0 Å². The number of nitro benzene ring substituents is 1. The molecule has 1 fully saturated rings. The normalized spacial score (nSPS) is 24.4. The van der Waals surface area contributed by atoms with Crippen LogP contribution in [0.15, 0.2) is 65.6 Å². The standard InChI is InChI=1S/C26H21Cl3N2O4S/c1-35-26(32)16-6-4-5-15-22-17(24(30-25(15)16)14-10-9-13(27)11-18(14)28)12-21(23(22)29)36-20-8-3-2-7-19(20)31(33)34/h2-11,17,21-24,30H,12H2,1H3/t17-,21+,22-,23+,24-/m1/s1. The van der Waals surface area contributed by atoms with Crippen molar-refractivity contribution >= 4 is 63.9 Å². The van der Waals surface area contributed by atoms with Crippen LogP contribution in [0.4, 0.5) is 11.4 Å². The zero-order valence-corrected chi connectivity index (χ0v) is 22.1. The molecule has 0 aromatic heterocycles. The Labute approximate surface area is 227 Å². The molecule has 36 heavy (non-hydrogen) atoms. The number of esters is 1. The summed E-state index contributed by atoms with van der Waals surface area (Å²) >= 11 is 21.4. The SMILES string of the molecule is COC(=O)c1cccc2c1N[C@H](c1ccc(Cl)cc1Cl)[C@@H]1C[C@H](Sc3ccccc3[N+](=O)[O-])[C@H](Cl)[C@H]21. The van der Waals surface area contributed by atoms with E-state index in [1.165, 1.54) is 24.9 Å². The van der Waals surface area contributed by atoms with Gasteiger partial charge in [-0.15, -0.1) is 23.4 Å². The number of alkyl halides is 1. The molecule has 5 atom stereocenters. The molecule has 1 N–H and O–H groups in total. The molecule has 0 saturated heterocycles. The van der Waals surface area contributed by atoms with Crippen LogP contribution in [0, 0.1) is 16.0 Å². The van der Waals surface area contributed by atoms with Crippen LogP contribution in [-0.4, -0.2) is 28.6 Å². The zero-order valence-electron chi connectivity index (χ0n) is 19.0. The van der Waals surface area contributed by atoms with Gasteiger partial charge in [0.05, 0.1) is 39.6 Å². The van der Waals surface area contributed by atoms with Crippen LogP contribution in [-0.2, 0) is 4.74 Å². The van der Waals surface area contributed by atoms with E-state index in [1.807, 2.05) is 18.2 Å². The highest BCUT2D eigenvalue weighted by Gasteiger charge is 2.51. The smallest absolute Gasteiger partial charge is 0.339 e. The van der Waals surface area contributed by atoms with Crippen molar-refractivity contribution in [2.75, 3.05) is 12.4 Å². The van der Waals surface area contributed by atoms with E-state index >= 15 is 0 Å². The number of anilines is 1. The van der Waals surface area contributed by atoms with Gasteiger partial charge < -0.3 is 10.1 Å². The first-order valence-corrected chi connectivity index (χ1v) is 13.3. The van der Waals surface area contributed by atoms with E-state index in [-0.39, 0.29) is 39.1 Å². The third-order valence-corrected chi connectivity index (χ3v) is 9.57. The number of methoxy groups -OCH3 is 1. The quantitative estimate of drug-likeness (QED) is 0.148. The van der Waals surface area contributed by atoms with Gasteiger partial charge in [-0.25, -0.2) is 4.79 Å². The molecule has 5 rings (SSSR count). The summed E-state index contributed by atoms with van der Waals surface area (Å²) in [5, 5.41) is 15.8. The summed E-state index contributed by atoms with van der Waals surface area (Å²) in [5.41, 5.74) is 2.92. The zero-order chi connectivity index (χ0) is 25.6. The lowest BCUT2D eigenvalue weighted by Gasteiger charge is -2.39. The fourth-order valence-corrected chi connectivity index (χ4v) is 7.83. The number of ether oxygens (including phenoxy) is 1. The molecule has 1 saturated carbocycles. The molecule has 0 radical (unpaired) electrons. The number of carbonyl (C=O) groups excluding carboxylic acids is 1. The van der Waals surface area contributed by atoms with Crippen LogP contribution in [0.3, 0.4) is 0 Å². The lowest BCUT2D eigenvalue weighted by molar-refractivity contribution is -0.387. The summed E-state index contributed by atoms with van der Waals surface area (Å²) in [7, 11) is 1.35. The van der Waals surface area contributed by atoms with E-state index in [1.54, 1.807) is 36.4 Å². The summed E-state index contributed by atoms with van der Waals surface area (Å²) < 4.78 is 5.03. The highest BCUT2D eigenvalue weighted by atomic mass is 35.5. The molecule has 1 aliphatic carbocycles. The summed E-state index contributed by atoms with van der Waals surface area (Å²) in [6, 6.07) is 17.3. The molecule has 0 spiro atoms. The van der Waals surface area contributed by atoms with Gasteiger partial charge >= 0.3 is 5.97 Å². The third-order valence-electron chi connectivity index (χ3n) is 6.89. The Balaban J connectivity index is 1.60. The first-order chi connectivity index (χ1) is 17.3. The van der Waals surface area contributed by atoms with E-state index in [0.717, 1.165) is 11.1 Å². The summed E-state index contributed by atoms with van der Waals surface area (Å²) in [5.74, 6) is -0.551. The van der Waals surface area contributed by atoms with Crippen molar-refractivity contribution in [2.45, 2.75) is 33.9 Å². The highest BCUT2D eigenvalue weighted by molar-refractivity contribution is 8.00. The number of fused-ring (bicyclic) bond motifs is 3. The third kappa shape index (κ3) is 4.43. The van der Waals surface area contributed by atoms with E-state index in [9.17, 15) is 14.9 Å². The van der Waals surface area contributed by atoms with Gasteiger partial charge in [-0.05, 0) is 47.7 Å². The molecule has 186 valence electrons. The number of rotatable bonds is 5. The maximum atomic E-state index is 12.6. The number of nitrogens with one attached hydrogen (secondary N) is 1. The minimum Gasteiger partial charge on any atom is -0.465 e. The Morgan fingerprint density at radius 2 is 1.89 bits per heavy atom. The Morgan fingerprint density at radius 3 is 2.61 bits per heavy atom. The van der Waals surface area contributed by atoms with E-state index < -0.39 is 5.97 Å². The first kappa shape index (κ1) is 25.2. The minimum atomic E-state index is -0.450. The molecule has 1 aliphatic heterocycles. The minimum absolute atomic E-state index is 0.0202. The second-order valence-corrected chi connectivity index (χ2v) is 11.4. The lowest BCUT2D eigenvalue weighted by Crippen LogP contribution is -2.32. The van der Waals surface area contributed by atoms with Crippen molar-refractivity contribution in [3.8, 4) is 0 Å². The van der Waals surface area contributed by atoms with Gasteiger partial charge in [0.1, 0.15) is 0 Å². The Bertz CT molecular complexity index is 1350.